The topological polar surface area (TPSA) is 44.1 Å². The zero-order chi connectivity index (χ0) is 19.4. The predicted molar refractivity (Wildman–Crippen MR) is 109 cm³/mol. The van der Waals surface area contributed by atoms with E-state index in [-0.39, 0.29) is 5.69 Å². The molecule has 0 saturated heterocycles. The van der Waals surface area contributed by atoms with Crippen molar-refractivity contribution in [3.63, 3.8) is 0 Å². The second-order valence-electron chi connectivity index (χ2n) is 5.91. The molecule has 0 bridgehead atoms. The lowest BCUT2D eigenvalue weighted by Crippen LogP contribution is -2.08. The van der Waals surface area contributed by atoms with Crippen molar-refractivity contribution in [2.24, 2.45) is 0 Å². The molecule has 0 aliphatic rings. The average Bonchev–Trinajstić information content (AvgIpc) is 3.08. The molecule has 27 heavy (non-hydrogen) atoms. The van der Waals surface area contributed by atoms with Gasteiger partial charge in [-0.1, -0.05) is 66.7 Å². The minimum Gasteiger partial charge on any atom is -0.464 e. The zero-order valence-corrected chi connectivity index (χ0v) is 15.9. The van der Waals surface area contributed by atoms with Crippen LogP contribution in [-0.2, 0) is 4.74 Å². The molecule has 3 aromatic rings. The Labute approximate surface area is 163 Å². The fourth-order valence-electron chi connectivity index (χ4n) is 2.87. The first-order valence-corrected chi connectivity index (χ1v) is 8.76. The highest BCUT2D eigenvalue weighted by Gasteiger charge is 2.18. The molecule has 1 aromatic heterocycles. The number of hydrogen-bond donors (Lipinski definition) is 0. The van der Waals surface area contributed by atoms with Crippen molar-refractivity contribution in [3.05, 3.63) is 101 Å². The van der Waals surface area contributed by atoms with Crippen molar-refractivity contribution < 1.29 is 9.53 Å². The number of nitrogens with zero attached hydrogens (tertiary/aromatic N) is 2. The molecule has 1 heterocycles. The number of rotatable bonds is 5. The molecular formula is C22H19ClN2O2. The van der Waals surface area contributed by atoms with Gasteiger partial charge in [-0.3, -0.25) is 0 Å². The summed E-state index contributed by atoms with van der Waals surface area (Å²) in [6.45, 7) is 5.89. The van der Waals surface area contributed by atoms with Crippen LogP contribution in [0.2, 0.25) is 5.02 Å². The molecule has 0 amide bonds. The molecule has 0 fully saturated rings. The maximum Gasteiger partial charge on any atom is 0.358 e. The highest BCUT2D eigenvalue weighted by molar-refractivity contribution is 6.30. The van der Waals surface area contributed by atoms with E-state index in [9.17, 15) is 4.79 Å². The van der Waals surface area contributed by atoms with Crippen molar-refractivity contribution in [2.45, 2.75) is 6.92 Å². The van der Waals surface area contributed by atoms with Crippen LogP contribution in [0.25, 0.3) is 11.3 Å². The smallest absolute Gasteiger partial charge is 0.358 e. The summed E-state index contributed by atoms with van der Waals surface area (Å²) >= 11 is 6.07. The maximum atomic E-state index is 11.9. The van der Waals surface area contributed by atoms with Crippen molar-refractivity contribution in [1.82, 2.24) is 9.78 Å². The second kappa shape index (κ2) is 8.06. The zero-order valence-electron chi connectivity index (χ0n) is 15.1. The SMILES string of the molecule is C=C/C(=C(/c1ccc(Cl)cc1)n1nc(C(=O)OC)cc1C)c1ccccc1. The summed E-state index contributed by atoms with van der Waals surface area (Å²) in [5.41, 5.74) is 4.64. The van der Waals surface area contributed by atoms with Crippen LogP contribution < -0.4 is 0 Å². The van der Waals surface area contributed by atoms with Gasteiger partial charge in [-0.2, -0.15) is 5.10 Å². The molecule has 0 aliphatic heterocycles. The van der Waals surface area contributed by atoms with Gasteiger partial charge in [0.05, 0.1) is 12.8 Å². The number of aromatic nitrogens is 2. The second-order valence-corrected chi connectivity index (χ2v) is 6.35. The van der Waals surface area contributed by atoms with Crippen LogP contribution in [0, 0.1) is 6.92 Å². The molecule has 0 spiro atoms. The van der Waals surface area contributed by atoms with Gasteiger partial charge < -0.3 is 4.74 Å². The normalized spacial score (nSPS) is 11.7. The van der Waals surface area contributed by atoms with E-state index in [2.05, 4.69) is 11.7 Å². The van der Waals surface area contributed by atoms with Gasteiger partial charge in [0.15, 0.2) is 5.69 Å². The first-order valence-electron chi connectivity index (χ1n) is 8.38. The number of benzene rings is 2. The van der Waals surface area contributed by atoms with Gasteiger partial charge in [0.25, 0.3) is 0 Å². The number of esters is 1. The van der Waals surface area contributed by atoms with Crippen LogP contribution >= 0.6 is 11.6 Å². The number of carbonyl (C=O) groups is 1. The summed E-state index contributed by atoms with van der Waals surface area (Å²) in [7, 11) is 1.34. The van der Waals surface area contributed by atoms with Crippen LogP contribution in [0.5, 0.6) is 0 Å². The van der Waals surface area contributed by atoms with E-state index in [0.29, 0.717) is 5.02 Å². The van der Waals surface area contributed by atoms with Crippen LogP contribution in [0.3, 0.4) is 0 Å². The molecular weight excluding hydrogens is 360 g/mol. The number of allylic oxidation sites excluding steroid dienone is 2. The highest BCUT2D eigenvalue weighted by atomic mass is 35.5. The van der Waals surface area contributed by atoms with Gasteiger partial charge in [0.1, 0.15) is 0 Å². The summed E-state index contributed by atoms with van der Waals surface area (Å²) in [5.74, 6) is -0.479. The molecule has 136 valence electrons. The minimum atomic E-state index is -0.479. The van der Waals surface area contributed by atoms with Gasteiger partial charge in [-0.25, -0.2) is 9.48 Å². The van der Waals surface area contributed by atoms with Gasteiger partial charge in [0.2, 0.25) is 0 Å². The number of ether oxygens (including phenoxy) is 1. The molecule has 2 aromatic carbocycles. The third kappa shape index (κ3) is 3.86. The minimum absolute atomic E-state index is 0.248. The highest BCUT2D eigenvalue weighted by Crippen LogP contribution is 2.30. The molecule has 0 aliphatic carbocycles. The predicted octanol–water partition coefficient (Wildman–Crippen LogP) is 5.23. The van der Waals surface area contributed by atoms with E-state index in [1.54, 1.807) is 16.8 Å². The number of methoxy groups -OCH3 is 1. The Kier molecular flexibility index (Phi) is 5.57. The Morgan fingerprint density at radius 3 is 2.37 bits per heavy atom. The Hall–Kier alpha value is -3.11. The molecule has 0 atom stereocenters. The van der Waals surface area contributed by atoms with Crippen LogP contribution in [0.1, 0.15) is 27.3 Å². The standard InChI is InChI=1S/C22H19ClN2O2/c1-4-19(16-8-6-5-7-9-16)21(17-10-12-18(23)13-11-17)25-15(2)14-20(24-25)22(26)27-3/h4-14H,1H2,2-3H3/b21-19+. The van der Waals surface area contributed by atoms with E-state index in [1.807, 2.05) is 61.5 Å². The first kappa shape index (κ1) is 18.7. The van der Waals surface area contributed by atoms with Crippen molar-refractivity contribution >= 4 is 28.8 Å². The molecule has 3 rings (SSSR count). The van der Waals surface area contributed by atoms with Crippen LogP contribution in [0.15, 0.2) is 73.3 Å². The maximum absolute atomic E-state index is 11.9. The van der Waals surface area contributed by atoms with Crippen LogP contribution in [-0.4, -0.2) is 22.9 Å². The fourth-order valence-corrected chi connectivity index (χ4v) is 3.00. The number of halogens is 1. The summed E-state index contributed by atoms with van der Waals surface area (Å²) < 4.78 is 6.54. The first-order chi connectivity index (χ1) is 13.0. The fraction of sp³-hybridized carbons (Fsp3) is 0.0909. The van der Waals surface area contributed by atoms with Crippen LogP contribution in [0.4, 0.5) is 0 Å². The van der Waals surface area contributed by atoms with E-state index < -0.39 is 5.97 Å². The summed E-state index contributed by atoms with van der Waals surface area (Å²) in [5, 5.41) is 5.12. The molecule has 0 radical (unpaired) electrons. The largest absolute Gasteiger partial charge is 0.464 e. The van der Waals surface area contributed by atoms with Crippen molar-refractivity contribution in [3.8, 4) is 0 Å². The monoisotopic (exact) mass is 378 g/mol. The lowest BCUT2D eigenvalue weighted by molar-refractivity contribution is 0.0593. The molecule has 0 unspecified atom stereocenters. The number of hydrogen-bond acceptors (Lipinski definition) is 3. The van der Waals surface area contributed by atoms with Gasteiger partial charge in [0, 0.05) is 21.9 Å². The van der Waals surface area contributed by atoms with E-state index >= 15 is 0 Å². The summed E-state index contributed by atoms with van der Waals surface area (Å²) in [6.07, 6.45) is 1.79. The Morgan fingerprint density at radius 2 is 1.78 bits per heavy atom. The third-order valence-electron chi connectivity index (χ3n) is 4.16. The number of aryl methyl sites for hydroxylation is 1. The third-order valence-corrected chi connectivity index (χ3v) is 4.41. The molecule has 0 N–H and O–H groups in total. The van der Waals surface area contributed by atoms with Crippen molar-refractivity contribution in [2.75, 3.05) is 7.11 Å². The molecule has 0 saturated carbocycles. The van der Waals surface area contributed by atoms with Gasteiger partial charge in [-0.05, 0) is 30.7 Å². The average molecular weight is 379 g/mol. The lowest BCUT2D eigenvalue weighted by Gasteiger charge is -2.16. The van der Waals surface area contributed by atoms with E-state index in [0.717, 1.165) is 28.1 Å². The van der Waals surface area contributed by atoms with Gasteiger partial charge in [-0.15, -0.1) is 0 Å². The quantitative estimate of drug-likeness (QED) is 0.346. The molecule has 5 heteroatoms. The van der Waals surface area contributed by atoms with E-state index in [4.69, 9.17) is 16.3 Å². The lowest BCUT2D eigenvalue weighted by atomic mass is 9.99. The summed E-state index contributed by atoms with van der Waals surface area (Å²) in [4.78, 5) is 11.9. The van der Waals surface area contributed by atoms with Crippen molar-refractivity contribution in [1.29, 1.82) is 0 Å². The van der Waals surface area contributed by atoms with E-state index in [1.165, 1.54) is 7.11 Å². The van der Waals surface area contributed by atoms with Gasteiger partial charge >= 0.3 is 5.97 Å². The Morgan fingerprint density at radius 1 is 1.11 bits per heavy atom. The summed E-state index contributed by atoms with van der Waals surface area (Å²) in [6, 6.07) is 19.1. The molecule has 4 nitrogen and oxygen atoms in total. The Bertz CT molecular complexity index is 1000. The number of carbonyl (C=O) groups excluding carboxylic acids is 1. The Balaban J connectivity index is 2.30.